The number of halogens is 3. The number of carbonyl (C=O) groups is 3. The Hall–Kier alpha value is -4.48. The van der Waals surface area contributed by atoms with Gasteiger partial charge in [-0.2, -0.15) is 0 Å². The number of hydrogen-bond donors (Lipinski definition) is 3. The first-order valence-electron chi connectivity index (χ1n) is 13.3. The predicted octanol–water partition coefficient (Wildman–Crippen LogP) is 8.40. The first-order chi connectivity index (χ1) is 21.7. The van der Waals surface area contributed by atoms with Crippen LogP contribution < -0.4 is 16.0 Å². The van der Waals surface area contributed by atoms with Gasteiger partial charge in [-0.25, -0.2) is 9.37 Å². The van der Waals surface area contributed by atoms with Gasteiger partial charge >= 0.3 is 0 Å². The van der Waals surface area contributed by atoms with Crippen molar-refractivity contribution in [2.45, 2.75) is 4.90 Å². The van der Waals surface area contributed by atoms with Crippen LogP contribution in [0.2, 0.25) is 10.0 Å². The van der Waals surface area contributed by atoms with Gasteiger partial charge in [-0.15, -0.1) is 23.1 Å². The molecule has 5 aromatic rings. The molecule has 5 rings (SSSR count). The highest BCUT2D eigenvalue weighted by atomic mass is 35.5. The fourth-order valence-electron chi connectivity index (χ4n) is 3.94. The van der Waals surface area contributed by atoms with Gasteiger partial charge in [0, 0.05) is 37.1 Å². The zero-order valence-electron chi connectivity index (χ0n) is 23.2. The third kappa shape index (κ3) is 9.02. The van der Waals surface area contributed by atoms with Gasteiger partial charge in [0.05, 0.1) is 11.4 Å². The molecule has 0 atom stereocenters. The van der Waals surface area contributed by atoms with Crippen LogP contribution in [0.4, 0.5) is 15.2 Å². The molecule has 0 unspecified atom stereocenters. The number of nitrogens with zero attached hydrogens (tertiary/aromatic N) is 1. The summed E-state index contributed by atoms with van der Waals surface area (Å²) in [5.41, 5.74) is 2.74. The van der Waals surface area contributed by atoms with Crippen molar-refractivity contribution in [2.75, 3.05) is 16.4 Å². The van der Waals surface area contributed by atoms with E-state index in [1.54, 1.807) is 90.3 Å². The second-order valence-corrected chi connectivity index (χ2v) is 12.2. The van der Waals surface area contributed by atoms with Gasteiger partial charge in [-0.3, -0.25) is 14.4 Å². The highest BCUT2D eigenvalue weighted by Gasteiger charge is 2.16. The largest absolute Gasteiger partial charge is 0.321 e. The number of nitrogens with one attached hydrogen (secondary N) is 3. The van der Waals surface area contributed by atoms with Gasteiger partial charge in [0.15, 0.2) is 5.13 Å². The van der Waals surface area contributed by atoms with Crippen molar-refractivity contribution in [3.63, 3.8) is 0 Å². The summed E-state index contributed by atoms with van der Waals surface area (Å²) in [6.07, 6.45) is 1.47. The lowest BCUT2D eigenvalue weighted by molar-refractivity contribution is -0.114. The summed E-state index contributed by atoms with van der Waals surface area (Å²) in [5.74, 6) is -1.45. The number of aromatic nitrogens is 1. The predicted molar refractivity (Wildman–Crippen MR) is 180 cm³/mol. The fourth-order valence-corrected chi connectivity index (χ4v) is 5.84. The van der Waals surface area contributed by atoms with Crippen LogP contribution >= 0.6 is 46.3 Å². The fraction of sp³-hybridized carbons (Fsp3) is 0.0303. The van der Waals surface area contributed by atoms with E-state index in [-0.39, 0.29) is 23.2 Å². The molecule has 0 radical (unpaired) electrons. The Morgan fingerprint density at radius 1 is 0.889 bits per heavy atom. The lowest BCUT2D eigenvalue weighted by atomic mass is 10.1. The van der Waals surface area contributed by atoms with Gasteiger partial charge in [0.25, 0.3) is 11.8 Å². The summed E-state index contributed by atoms with van der Waals surface area (Å²) in [6.45, 7) is 0. The first-order valence-corrected chi connectivity index (χ1v) is 15.9. The molecular weight excluding hydrogens is 654 g/mol. The minimum Gasteiger partial charge on any atom is -0.321 e. The molecule has 0 saturated carbocycles. The minimum atomic E-state index is -0.562. The topological polar surface area (TPSA) is 100 Å². The Morgan fingerprint density at radius 3 is 2.33 bits per heavy atom. The van der Waals surface area contributed by atoms with E-state index in [9.17, 15) is 18.8 Å². The van der Waals surface area contributed by atoms with E-state index < -0.39 is 11.8 Å². The quantitative estimate of drug-likeness (QED) is 0.102. The monoisotopic (exact) mass is 676 g/mol. The van der Waals surface area contributed by atoms with Crippen LogP contribution in [0.1, 0.15) is 15.9 Å². The van der Waals surface area contributed by atoms with Crippen molar-refractivity contribution >= 4 is 80.9 Å². The van der Waals surface area contributed by atoms with E-state index in [0.717, 1.165) is 10.5 Å². The first kappa shape index (κ1) is 31.9. The molecule has 0 bridgehead atoms. The lowest BCUT2D eigenvalue weighted by Gasteiger charge is -2.12. The van der Waals surface area contributed by atoms with Crippen molar-refractivity contribution in [3.05, 3.63) is 135 Å². The van der Waals surface area contributed by atoms with Gasteiger partial charge < -0.3 is 16.0 Å². The summed E-state index contributed by atoms with van der Waals surface area (Å²) in [7, 11) is 0. The maximum absolute atomic E-state index is 13.3. The van der Waals surface area contributed by atoms with Gasteiger partial charge in [-0.05, 0) is 84.4 Å². The van der Waals surface area contributed by atoms with E-state index in [1.165, 1.54) is 41.3 Å². The number of thioether (sulfide) groups is 1. The van der Waals surface area contributed by atoms with Crippen LogP contribution in [0.5, 0.6) is 0 Å². The molecule has 45 heavy (non-hydrogen) atoms. The number of hydrogen-bond acceptors (Lipinski definition) is 6. The number of anilines is 2. The van der Waals surface area contributed by atoms with Crippen molar-refractivity contribution < 1.29 is 18.8 Å². The van der Waals surface area contributed by atoms with Crippen molar-refractivity contribution in [1.29, 1.82) is 0 Å². The maximum Gasteiger partial charge on any atom is 0.272 e. The Kier molecular flexibility index (Phi) is 10.6. The molecule has 0 fully saturated rings. The van der Waals surface area contributed by atoms with Gasteiger partial charge in [0.2, 0.25) is 5.91 Å². The molecule has 0 aliphatic carbocycles. The van der Waals surface area contributed by atoms with Crippen molar-refractivity contribution in [1.82, 2.24) is 10.3 Å². The standard InChI is InChI=1S/C33H23Cl2FN4O3S2/c34-23-9-6-22(27(35)17-23)16-28(38-31(42)21-4-2-1-3-5-21)32(43)37-25-12-14-26(15-13-25)44-19-30(41)40-33-39-29(18-45-33)20-7-10-24(36)11-8-20/h1-18H,19H2,(H,37,43)(H,38,42)(H,39,40,41)/b28-16-. The van der Waals surface area contributed by atoms with Gasteiger partial charge in [-0.1, -0.05) is 47.5 Å². The van der Waals surface area contributed by atoms with Gasteiger partial charge in [0.1, 0.15) is 11.5 Å². The lowest BCUT2D eigenvalue weighted by Crippen LogP contribution is -2.30. The Balaban J connectivity index is 1.20. The number of amides is 3. The molecular formula is C33H23Cl2FN4O3S2. The minimum absolute atomic E-state index is 0.0204. The molecule has 0 aliphatic heterocycles. The summed E-state index contributed by atoms with van der Waals surface area (Å²) < 4.78 is 13.2. The van der Waals surface area contributed by atoms with Crippen LogP contribution in [0.15, 0.2) is 113 Å². The number of carbonyl (C=O) groups excluding carboxylic acids is 3. The van der Waals surface area contributed by atoms with Crippen molar-refractivity contribution in [3.8, 4) is 11.3 Å². The van der Waals surface area contributed by atoms with Crippen LogP contribution in [0.25, 0.3) is 17.3 Å². The van der Waals surface area contributed by atoms with Crippen LogP contribution in [0.3, 0.4) is 0 Å². The molecule has 0 saturated heterocycles. The van der Waals surface area contributed by atoms with E-state index in [4.69, 9.17) is 23.2 Å². The van der Waals surface area contributed by atoms with E-state index >= 15 is 0 Å². The highest BCUT2D eigenvalue weighted by Crippen LogP contribution is 2.27. The molecule has 7 nitrogen and oxygen atoms in total. The normalized spacial score (nSPS) is 11.1. The molecule has 3 N–H and O–H groups in total. The number of benzene rings is 4. The van der Waals surface area contributed by atoms with Crippen LogP contribution in [-0.4, -0.2) is 28.5 Å². The summed E-state index contributed by atoms with van der Waals surface area (Å²) in [4.78, 5) is 43.9. The number of rotatable bonds is 10. The zero-order chi connectivity index (χ0) is 31.8. The van der Waals surface area contributed by atoms with Crippen LogP contribution in [-0.2, 0) is 9.59 Å². The molecule has 3 amide bonds. The zero-order valence-corrected chi connectivity index (χ0v) is 26.4. The molecule has 1 heterocycles. The molecule has 0 spiro atoms. The molecule has 1 aromatic heterocycles. The van der Waals surface area contributed by atoms with E-state index in [1.807, 2.05) is 0 Å². The average molecular weight is 678 g/mol. The van der Waals surface area contributed by atoms with E-state index in [2.05, 4.69) is 20.9 Å². The second kappa shape index (κ2) is 15.0. The highest BCUT2D eigenvalue weighted by molar-refractivity contribution is 8.00. The molecule has 226 valence electrons. The van der Waals surface area contributed by atoms with E-state index in [0.29, 0.717) is 37.7 Å². The Morgan fingerprint density at radius 2 is 1.62 bits per heavy atom. The smallest absolute Gasteiger partial charge is 0.272 e. The average Bonchev–Trinajstić information content (AvgIpc) is 3.50. The number of thiazole rings is 1. The third-order valence-electron chi connectivity index (χ3n) is 6.16. The SMILES string of the molecule is O=C(CSc1ccc(NC(=O)/C(=C/c2ccc(Cl)cc2Cl)NC(=O)c2ccccc2)cc1)Nc1nc(-c2ccc(F)cc2)cs1. The maximum atomic E-state index is 13.3. The summed E-state index contributed by atoms with van der Waals surface area (Å²) >= 11 is 14.9. The summed E-state index contributed by atoms with van der Waals surface area (Å²) in [6, 6.07) is 26.2. The molecule has 12 heteroatoms. The second-order valence-electron chi connectivity index (χ2n) is 9.40. The summed E-state index contributed by atoms with van der Waals surface area (Å²) in [5, 5.41) is 11.2. The molecule has 0 aliphatic rings. The Bertz CT molecular complexity index is 1870. The third-order valence-corrected chi connectivity index (χ3v) is 8.50. The van der Waals surface area contributed by atoms with Crippen LogP contribution in [0, 0.1) is 5.82 Å². The Labute approximate surface area is 276 Å². The van der Waals surface area contributed by atoms with Crippen molar-refractivity contribution in [2.24, 2.45) is 0 Å². The molecule has 4 aromatic carbocycles.